The van der Waals surface area contributed by atoms with Crippen molar-refractivity contribution in [2.75, 3.05) is 11.4 Å². The molecular formula is C16H16ClN3O. The summed E-state index contributed by atoms with van der Waals surface area (Å²) in [6.07, 6.45) is 2.71. The number of nitrogens with zero attached hydrogens (tertiary/aromatic N) is 2. The molecule has 4 nitrogen and oxygen atoms in total. The van der Waals surface area contributed by atoms with Crippen molar-refractivity contribution in [3.63, 3.8) is 0 Å². The Hall–Kier alpha value is -1.81. The minimum absolute atomic E-state index is 0.144. The zero-order chi connectivity index (χ0) is 14.4. The second-order valence-corrected chi connectivity index (χ2v) is 6.19. The number of hydrogen-bond acceptors (Lipinski definition) is 3. The van der Waals surface area contributed by atoms with E-state index in [0.29, 0.717) is 24.0 Å². The smallest absolute Gasteiger partial charge is 0.222 e. The van der Waals surface area contributed by atoms with E-state index < -0.39 is 0 Å². The lowest BCUT2D eigenvalue weighted by Gasteiger charge is -2.28. The second kappa shape index (κ2) is 4.88. The summed E-state index contributed by atoms with van der Waals surface area (Å²) in [4.78, 5) is 18.8. The molecule has 0 unspecified atom stereocenters. The summed E-state index contributed by atoms with van der Waals surface area (Å²) in [7, 11) is 0. The first-order chi connectivity index (χ1) is 10.2. The van der Waals surface area contributed by atoms with Crippen LogP contribution < -0.4 is 10.2 Å². The molecular weight excluding hydrogens is 286 g/mol. The molecule has 0 saturated carbocycles. The molecule has 21 heavy (non-hydrogen) atoms. The summed E-state index contributed by atoms with van der Waals surface area (Å²) < 4.78 is 0. The SMILES string of the molecule is O=C1C[C@@H]2CC[C@H](CN1)N2c1ccc2cccc(Cl)c2n1. The number of amides is 1. The molecule has 2 saturated heterocycles. The highest BCUT2D eigenvalue weighted by atomic mass is 35.5. The van der Waals surface area contributed by atoms with Gasteiger partial charge in [-0.2, -0.15) is 0 Å². The highest BCUT2D eigenvalue weighted by molar-refractivity contribution is 6.35. The Kier molecular flexibility index (Phi) is 3.00. The molecule has 2 bridgehead atoms. The maximum absolute atomic E-state index is 11.7. The van der Waals surface area contributed by atoms with Gasteiger partial charge in [-0.1, -0.05) is 23.7 Å². The molecule has 1 amide bonds. The highest BCUT2D eigenvalue weighted by Gasteiger charge is 2.38. The Morgan fingerprint density at radius 2 is 2.05 bits per heavy atom. The minimum Gasteiger partial charge on any atom is -0.354 e. The van der Waals surface area contributed by atoms with Crippen molar-refractivity contribution in [3.05, 3.63) is 35.4 Å². The van der Waals surface area contributed by atoms with Crippen LogP contribution in [0.25, 0.3) is 10.9 Å². The maximum atomic E-state index is 11.7. The number of carbonyl (C=O) groups is 1. The van der Waals surface area contributed by atoms with Gasteiger partial charge in [0.1, 0.15) is 5.82 Å². The quantitative estimate of drug-likeness (QED) is 0.881. The number of para-hydroxylation sites is 1. The molecule has 2 atom stereocenters. The number of pyridine rings is 1. The molecule has 108 valence electrons. The Bertz CT molecular complexity index is 718. The largest absolute Gasteiger partial charge is 0.354 e. The number of benzene rings is 1. The molecule has 2 aliphatic heterocycles. The fraction of sp³-hybridized carbons (Fsp3) is 0.375. The summed E-state index contributed by atoms with van der Waals surface area (Å²) in [5.41, 5.74) is 0.833. The van der Waals surface area contributed by atoms with Crippen LogP contribution in [0, 0.1) is 0 Å². The van der Waals surface area contributed by atoms with E-state index in [0.717, 1.165) is 29.6 Å². The van der Waals surface area contributed by atoms with Gasteiger partial charge in [0.25, 0.3) is 0 Å². The highest BCUT2D eigenvalue weighted by Crippen LogP contribution is 2.34. The van der Waals surface area contributed by atoms with E-state index in [1.165, 1.54) is 0 Å². The number of halogens is 1. The Morgan fingerprint density at radius 3 is 2.95 bits per heavy atom. The predicted molar refractivity (Wildman–Crippen MR) is 83.7 cm³/mol. The third kappa shape index (κ3) is 2.14. The van der Waals surface area contributed by atoms with Crippen molar-refractivity contribution < 1.29 is 4.79 Å². The van der Waals surface area contributed by atoms with Crippen LogP contribution in [0.5, 0.6) is 0 Å². The van der Waals surface area contributed by atoms with Gasteiger partial charge in [0.15, 0.2) is 0 Å². The lowest BCUT2D eigenvalue weighted by molar-refractivity contribution is -0.121. The van der Waals surface area contributed by atoms with Gasteiger partial charge in [0.2, 0.25) is 5.91 Å². The number of carbonyl (C=O) groups excluding carboxylic acids is 1. The Morgan fingerprint density at radius 1 is 1.19 bits per heavy atom. The van der Waals surface area contributed by atoms with Crippen LogP contribution >= 0.6 is 11.6 Å². The minimum atomic E-state index is 0.144. The number of aromatic nitrogens is 1. The first-order valence-electron chi connectivity index (χ1n) is 7.33. The number of nitrogens with one attached hydrogen (secondary N) is 1. The van der Waals surface area contributed by atoms with E-state index in [-0.39, 0.29) is 11.9 Å². The topological polar surface area (TPSA) is 45.2 Å². The molecule has 1 aromatic carbocycles. The molecule has 5 heteroatoms. The van der Waals surface area contributed by atoms with Crippen LogP contribution in [0.15, 0.2) is 30.3 Å². The molecule has 3 heterocycles. The van der Waals surface area contributed by atoms with Crippen LogP contribution in [0.3, 0.4) is 0 Å². The van der Waals surface area contributed by atoms with Gasteiger partial charge in [0, 0.05) is 30.4 Å². The monoisotopic (exact) mass is 301 g/mol. The van der Waals surface area contributed by atoms with Gasteiger partial charge in [-0.05, 0) is 31.0 Å². The lowest BCUT2D eigenvalue weighted by Crippen LogP contribution is -2.38. The van der Waals surface area contributed by atoms with Crippen molar-refractivity contribution in [2.24, 2.45) is 0 Å². The van der Waals surface area contributed by atoms with Crippen LogP contribution in [-0.2, 0) is 4.79 Å². The molecule has 0 radical (unpaired) electrons. The Balaban J connectivity index is 1.79. The molecule has 1 aromatic heterocycles. The molecule has 2 aromatic rings. The second-order valence-electron chi connectivity index (χ2n) is 5.78. The summed E-state index contributed by atoms with van der Waals surface area (Å²) in [6, 6.07) is 10.5. The van der Waals surface area contributed by atoms with Gasteiger partial charge >= 0.3 is 0 Å². The van der Waals surface area contributed by atoms with Crippen LogP contribution in [0.2, 0.25) is 5.02 Å². The summed E-state index contributed by atoms with van der Waals surface area (Å²) in [5, 5.41) is 4.71. The number of anilines is 1. The first-order valence-corrected chi connectivity index (χ1v) is 7.70. The van der Waals surface area contributed by atoms with Crippen molar-refractivity contribution in [2.45, 2.75) is 31.3 Å². The van der Waals surface area contributed by atoms with Crippen molar-refractivity contribution in [1.29, 1.82) is 0 Å². The van der Waals surface area contributed by atoms with E-state index in [9.17, 15) is 4.79 Å². The van der Waals surface area contributed by atoms with Crippen LogP contribution in [0.4, 0.5) is 5.82 Å². The van der Waals surface area contributed by atoms with E-state index >= 15 is 0 Å². The first kappa shape index (κ1) is 12.9. The van der Waals surface area contributed by atoms with E-state index in [1.54, 1.807) is 0 Å². The van der Waals surface area contributed by atoms with Crippen molar-refractivity contribution in [1.82, 2.24) is 10.3 Å². The maximum Gasteiger partial charge on any atom is 0.222 e. The zero-order valence-corrected chi connectivity index (χ0v) is 12.3. The summed E-state index contributed by atoms with van der Waals surface area (Å²) in [5.74, 6) is 1.07. The number of fused-ring (bicyclic) bond motifs is 3. The third-order valence-corrected chi connectivity index (χ3v) is 4.80. The Labute approximate surface area is 128 Å². The molecule has 4 rings (SSSR count). The van der Waals surface area contributed by atoms with Gasteiger partial charge in [-0.25, -0.2) is 4.98 Å². The third-order valence-electron chi connectivity index (χ3n) is 4.50. The lowest BCUT2D eigenvalue weighted by atomic mass is 10.1. The molecule has 1 N–H and O–H groups in total. The fourth-order valence-electron chi connectivity index (χ4n) is 3.50. The van der Waals surface area contributed by atoms with E-state index in [1.807, 2.05) is 24.3 Å². The number of hydrogen-bond donors (Lipinski definition) is 1. The standard InChI is InChI=1S/C16H16ClN3O/c17-13-3-1-2-10-4-7-14(19-16(10)13)20-11-5-6-12(20)9-18-15(21)8-11/h1-4,7,11-12H,5-6,8-9H2,(H,18,21)/t11-,12+/m0/s1. The van der Waals surface area contributed by atoms with E-state index in [4.69, 9.17) is 16.6 Å². The van der Waals surface area contributed by atoms with Crippen LogP contribution in [-0.4, -0.2) is 29.5 Å². The molecule has 2 fully saturated rings. The summed E-state index contributed by atoms with van der Waals surface area (Å²) >= 11 is 6.26. The normalized spacial score (nSPS) is 25.0. The van der Waals surface area contributed by atoms with Gasteiger partial charge in [-0.3, -0.25) is 4.79 Å². The fourth-order valence-corrected chi connectivity index (χ4v) is 3.72. The summed E-state index contributed by atoms with van der Waals surface area (Å²) in [6.45, 7) is 0.706. The molecule has 0 aliphatic carbocycles. The molecule has 0 spiro atoms. The van der Waals surface area contributed by atoms with Crippen LogP contribution in [0.1, 0.15) is 19.3 Å². The number of rotatable bonds is 1. The predicted octanol–water partition coefficient (Wildman–Crippen LogP) is 2.75. The van der Waals surface area contributed by atoms with E-state index in [2.05, 4.69) is 16.3 Å². The van der Waals surface area contributed by atoms with Gasteiger partial charge < -0.3 is 10.2 Å². The zero-order valence-electron chi connectivity index (χ0n) is 11.6. The average molecular weight is 302 g/mol. The van der Waals surface area contributed by atoms with Gasteiger partial charge in [-0.15, -0.1) is 0 Å². The van der Waals surface area contributed by atoms with Crippen molar-refractivity contribution >= 4 is 34.2 Å². The molecule has 2 aliphatic rings. The van der Waals surface area contributed by atoms with Crippen molar-refractivity contribution in [3.8, 4) is 0 Å². The van der Waals surface area contributed by atoms with Gasteiger partial charge in [0.05, 0.1) is 10.5 Å². The average Bonchev–Trinajstić information content (AvgIpc) is 2.79.